The van der Waals surface area contributed by atoms with E-state index in [9.17, 15) is 0 Å². The van der Waals surface area contributed by atoms with Crippen molar-refractivity contribution in [3.63, 3.8) is 0 Å². The maximum absolute atomic E-state index is 5.90. The van der Waals surface area contributed by atoms with E-state index in [0.717, 1.165) is 42.6 Å². The zero-order chi connectivity index (χ0) is 15.7. The maximum atomic E-state index is 5.90. The Morgan fingerprint density at radius 2 is 2.00 bits per heavy atom. The molecule has 0 fully saturated rings. The zero-order valence-electron chi connectivity index (χ0n) is 13.6. The van der Waals surface area contributed by atoms with E-state index in [2.05, 4.69) is 54.2 Å². The predicted molar refractivity (Wildman–Crippen MR) is 92.2 cm³/mol. The summed E-state index contributed by atoms with van der Waals surface area (Å²) in [7, 11) is 1.69. The van der Waals surface area contributed by atoms with E-state index in [0.29, 0.717) is 6.04 Å². The smallest absolute Gasteiger partial charge is 0.133 e. The van der Waals surface area contributed by atoms with E-state index in [4.69, 9.17) is 9.47 Å². The monoisotopic (exact) mass is 357 g/mol. The highest BCUT2D eigenvalue weighted by Crippen LogP contribution is 2.26. The van der Waals surface area contributed by atoms with Crippen LogP contribution in [0.25, 0.3) is 0 Å². The second-order valence-electron chi connectivity index (χ2n) is 5.14. The molecule has 0 aliphatic carbocycles. The maximum Gasteiger partial charge on any atom is 0.133 e. The molecule has 2 atom stereocenters. The Bertz CT molecular complexity index is 412. The largest absolute Gasteiger partial charge is 0.496 e. The number of nitrogens with one attached hydrogen (secondary N) is 1. The normalized spacial score (nSPS) is 14.0. The Morgan fingerprint density at radius 3 is 2.52 bits per heavy atom. The Kier molecular flexibility index (Phi) is 8.97. The van der Waals surface area contributed by atoms with Gasteiger partial charge in [0.25, 0.3) is 0 Å². The fraction of sp³-hybridized carbons (Fsp3) is 0.647. The molecule has 0 aromatic heterocycles. The molecule has 0 saturated carbocycles. The lowest BCUT2D eigenvalue weighted by Gasteiger charge is -2.27. The minimum absolute atomic E-state index is 0.252. The molecule has 1 aromatic rings. The molecule has 2 unspecified atom stereocenters. The molecular weight excluding hydrogens is 330 g/mol. The second kappa shape index (κ2) is 10.2. The molecule has 0 radical (unpaired) electrons. The highest BCUT2D eigenvalue weighted by atomic mass is 79.9. The van der Waals surface area contributed by atoms with E-state index in [-0.39, 0.29) is 6.10 Å². The van der Waals surface area contributed by atoms with Crippen LogP contribution < -0.4 is 10.1 Å². The standard InChI is InChI=1S/C17H28BrNO2/c1-5-10-19-15(16(6-2)21-7-3)12-13-8-9-17(20-4)14(18)11-13/h8-9,11,15-16,19H,5-7,10,12H2,1-4H3. The average molecular weight is 358 g/mol. The predicted octanol–water partition coefficient (Wildman–Crippen LogP) is 4.18. The van der Waals surface area contributed by atoms with Gasteiger partial charge in [-0.25, -0.2) is 0 Å². The van der Waals surface area contributed by atoms with Crippen molar-refractivity contribution in [1.82, 2.24) is 5.32 Å². The second-order valence-corrected chi connectivity index (χ2v) is 5.99. The average Bonchev–Trinajstić information content (AvgIpc) is 2.49. The summed E-state index contributed by atoms with van der Waals surface area (Å²) >= 11 is 3.56. The van der Waals surface area contributed by atoms with Crippen molar-refractivity contribution in [1.29, 1.82) is 0 Å². The molecule has 0 aliphatic rings. The van der Waals surface area contributed by atoms with Gasteiger partial charge in [-0.15, -0.1) is 0 Å². The summed E-state index contributed by atoms with van der Waals surface area (Å²) in [6.45, 7) is 8.21. The number of halogens is 1. The molecule has 21 heavy (non-hydrogen) atoms. The summed E-state index contributed by atoms with van der Waals surface area (Å²) in [6.07, 6.45) is 3.36. The summed E-state index contributed by atoms with van der Waals surface area (Å²) in [5.74, 6) is 0.869. The Morgan fingerprint density at radius 1 is 1.24 bits per heavy atom. The molecule has 0 amide bonds. The number of ether oxygens (including phenoxy) is 2. The third-order valence-corrected chi connectivity index (χ3v) is 4.18. The molecule has 0 spiro atoms. The molecule has 1 N–H and O–H groups in total. The number of benzene rings is 1. The molecule has 0 heterocycles. The van der Waals surface area contributed by atoms with Crippen molar-refractivity contribution in [3.05, 3.63) is 28.2 Å². The van der Waals surface area contributed by atoms with Crippen molar-refractivity contribution in [2.45, 2.75) is 52.2 Å². The molecular formula is C17H28BrNO2. The first-order valence-electron chi connectivity index (χ1n) is 7.83. The van der Waals surface area contributed by atoms with E-state index in [1.54, 1.807) is 7.11 Å². The topological polar surface area (TPSA) is 30.5 Å². The molecule has 120 valence electrons. The summed E-state index contributed by atoms with van der Waals surface area (Å²) in [5, 5.41) is 3.63. The minimum atomic E-state index is 0.252. The Hall–Kier alpha value is -0.580. The third kappa shape index (κ3) is 5.97. The van der Waals surface area contributed by atoms with Crippen LogP contribution >= 0.6 is 15.9 Å². The quantitative estimate of drug-likeness (QED) is 0.681. The van der Waals surface area contributed by atoms with Crippen molar-refractivity contribution in [2.24, 2.45) is 0 Å². The van der Waals surface area contributed by atoms with Gasteiger partial charge in [0.2, 0.25) is 0 Å². The van der Waals surface area contributed by atoms with Gasteiger partial charge in [-0.3, -0.25) is 0 Å². The first-order chi connectivity index (χ1) is 10.2. The van der Waals surface area contributed by atoms with Crippen LogP contribution in [0.15, 0.2) is 22.7 Å². The first-order valence-corrected chi connectivity index (χ1v) is 8.62. The molecule has 3 nitrogen and oxygen atoms in total. The van der Waals surface area contributed by atoms with Crippen LogP contribution in [0.1, 0.15) is 39.2 Å². The van der Waals surface area contributed by atoms with Crippen LogP contribution in [0.5, 0.6) is 5.75 Å². The van der Waals surface area contributed by atoms with Gasteiger partial charge >= 0.3 is 0 Å². The van der Waals surface area contributed by atoms with E-state index >= 15 is 0 Å². The van der Waals surface area contributed by atoms with E-state index < -0.39 is 0 Å². The lowest BCUT2D eigenvalue weighted by molar-refractivity contribution is 0.0319. The number of hydrogen-bond donors (Lipinski definition) is 1. The van der Waals surface area contributed by atoms with E-state index in [1.807, 2.05) is 6.07 Å². The summed E-state index contributed by atoms with van der Waals surface area (Å²) < 4.78 is 12.2. The first kappa shape index (κ1) is 18.5. The summed E-state index contributed by atoms with van der Waals surface area (Å²) in [4.78, 5) is 0. The molecule has 0 aliphatic heterocycles. The molecule has 0 saturated heterocycles. The van der Waals surface area contributed by atoms with Crippen molar-refractivity contribution in [3.8, 4) is 5.75 Å². The zero-order valence-corrected chi connectivity index (χ0v) is 15.2. The third-order valence-electron chi connectivity index (χ3n) is 3.56. The SMILES string of the molecule is CCCNC(Cc1ccc(OC)c(Br)c1)C(CC)OCC. The highest BCUT2D eigenvalue weighted by molar-refractivity contribution is 9.10. The van der Waals surface area contributed by atoms with Gasteiger partial charge in [0.15, 0.2) is 0 Å². The Labute approximate surface area is 137 Å². The van der Waals surface area contributed by atoms with Gasteiger partial charge in [0.1, 0.15) is 5.75 Å². The van der Waals surface area contributed by atoms with Crippen LogP contribution in [0, 0.1) is 0 Å². The number of methoxy groups -OCH3 is 1. The highest BCUT2D eigenvalue weighted by Gasteiger charge is 2.20. The van der Waals surface area contributed by atoms with Gasteiger partial charge in [0, 0.05) is 12.6 Å². The molecule has 4 heteroatoms. The van der Waals surface area contributed by atoms with Crippen LogP contribution in [0.3, 0.4) is 0 Å². The van der Waals surface area contributed by atoms with Crippen molar-refractivity contribution < 1.29 is 9.47 Å². The van der Waals surface area contributed by atoms with Gasteiger partial charge in [-0.1, -0.05) is 19.9 Å². The van der Waals surface area contributed by atoms with Crippen LogP contribution in [0.2, 0.25) is 0 Å². The fourth-order valence-electron chi connectivity index (χ4n) is 2.49. The molecule has 1 rings (SSSR count). The molecule has 0 bridgehead atoms. The number of rotatable bonds is 10. The van der Waals surface area contributed by atoms with Crippen LogP contribution in [-0.2, 0) is 11.2 Å². The van der Waals surface area contributed by atoms with Crippen molar-refractivity contribution in [2.75, 3.05) is 20.3 Å². The Balaban J connectivity index is 2.81. The van der Waals surface area contributed by atoms with E-state index in [1.165, 1.54) is 5.56 Å². The summed E-state index contributed by atoms with van der Waals surface area (Å²) in [6, 6.07) is 6.62. The van der Waals surface area contributed by atoms with Gasteiger partial charge in [-0.2, -0.15) is 0 Å². The van der Waals surface area contributed by atoms with Gasteiger partial charge < -0.3 is 14.8 Å². The fourth-order valence-corrected chi connectivity index (χ4v) is 3.08. The van der Waals surface area contributed by atoms with Crippen molar-refractivity contribution >= 4 is 15.9 Å². The summed E-state index contributed by atoms with van der Waals surface area (Å²) in [5.41, 5.74) is 1.29. The van der Waals surface area contributed by atoms with Crippen LogP contribution in [0.4, 0.5) is 0 Å². The van der Waals surface area contributed by atoms with Gasteiger partial charge in [-0.05, 0) is 66.4 Å². The van der Waals surface area contributed by atoms with Gasteiger partial charge in [0.05, 0.1) is 17.7 Å². The lowest BCUT2D eigenvalue weighted by Crippen LogP contribution is -2.43. The lowest BCUT2D eigenvalue weighted by atomic mass is 9.99. The van der Waals surface area contributed by atoms with Crippen LogP contribution in [-0.4, -0.2) is 32.4 Å². The minimum Gasteiger partial charge on any atom is -0.496 e. The number of hydrogen-bond acceptors (Lipinski definition) is 3. The molecule has 1 aromatic carbocycles.